The van der Waals surface area contributed by atoms with Crippen LogP contribution in [0.2, 0.25) is 0 Å². The summed E-state index contributed by atoms with van der Waals surface area (Å²) in [6.45, 7) is 3.85. The van der Waals surface area contributed by atoms with Gasteiger partial charge in [0.05, 0.1) is 11.2 Å². The topological polar surface area (TPSA) is 104 Å². The van der Waals surface area contributed by atoms with Crippen LogP contribution in [-0.2, 0) is 24.8 Å². The monoisotopic (exact) mass is 403 g/mol. The molecule has 1 N–H and O–H groups in total. The van der Waals surface area contributed by atoms with Crippen LogP contribution in [-0.4, -0.2) is 64.3 Å². The Kier molecular flexibility index (Phi) is 5.81. The third kappa shape index (κ3) is 4.08. The quantitative estimate of drug-likeness (QED) is 0.787. The van der Waals surface area contributed by atoms with Gasteiger partial charge in [0, 0.05) is 26.3 Å². The van der Waals surface area contributed by atoms with Gasteiger partial charge in [-0.15, -0.1) is 0 Å². The van der Waals surface area contributed by atoms with E-state index in [1.54, 1.807) is 19.9 Å². The molecule has 8 nitrogen and oxygen atoms in total. The lowest BCUT2D eigenvalue weighted by Gasteiger charge is -2.22. The van der Waals surface area contributed by atoms with E-state index in [0.717, 1.165) is 21.7 Å². The molecule has 1 heterocycles. The van der Waals surface area contributed by atoms with E-state index in [1.165, 1.54) is 24.5 Å². The van der Waals surface area contributed by atoms with Crippen molar-refractivity contribution in [3.05, 3.63) is 23.3 Å². The average molecular weight is 404 g/mol. The summed E-state index contributed by atoms with van der Waals surface area (Å²) in [5.74, 6) is -0.449. The molecule has 1 saturated heterocycles. The maximum absolute atomic E-state index is 12.7. The summed E-state index contributed by atoms with van der Waals surface area (Å²) in [4.78, 5) is 12.7. The molecule has 1 aliphatic rings. The normalized spacial score (nSPS) is 19.1. The van der Waals surface area contributed by atoms with Gasteiger partial charge >= 0.3 is 0 Å². The fraction of sp³-hybridized carbons (Fsp3) is 0.562. The first-order valence-corrected chi connectivity index (χ1v) is 11.5. The molecule has 146 valence electrons. The third-order valence-electron chi connectivity index (χ3n) is 4.61. The number of carbonyl (C=O) groups is 1. The van der Waals surface area contributed by atoms with E-state index < -0.39 is 32.0 Å². The summed E-state index contributed by atoms with van der Waals surface area (Å²) >= 11 is 0. The molecule has 0 saturated carbocycles. The molecule has 1 atom stereocenters. The summed E-state index contributed by atoms with van der Waals surface area (Å²) in [6.07, 6.45) is 2.13. The fourth-order valence-electron chi connectivity index (χ4n) is 2.93. The van der Waals surface area contributed by atoms with Gasteiger partial charge in [-0.3, -0.25) is 4.79 Å². The lowest BCUT2D eigenvalue weighted by atomic mass is 10.1. The van der Waals surface area contributed by atoms with Crippen molar-refractivity contribution < 1.29 is 21.6 Å². The number of carbonyl (C=O) groups excluding carboxylic acids is 1. The van der Waals surface area contributed by atoms with Crippen molar-refractivity contribution in [3.8, 4) is 0 Å². The van der Waals surface area contributed by atoms with Crippen molar-refractivity contribution in [2.24, 2.45) is 0 Å². The van der Waals surface area contributed by atoms with Gasteiger partial charge in [0.2, 0.25) is 26.0 Å². The summed E-state index contributed by atoms with van der Waals surface area (Å²) in [5, 5.41) is 2.72. The summed E-state index contributed by atoms with van der Waals surface area (Å²) in [5.41, 5.74) is 1.82. The summed E-state index contributed by atoms with van der Waals surface area (Å²) in [7, 11) is -4.26. The van der Waals surface area contributed by atoms with Gasteiger partial charge in [0.15, 0.2) is 0 Å². The molecular weight excluding hydrogens is 378 g/mol. The van der Waals surface area contributed by atoms with Crippen molar-refractivity contribution >= 4 is 31.6 Å². The number of aryl methyl sites for hydroxylation is 1. The number of benzene rings is 1. The highest BCUT2D eigenvalue weighted by molar-refractivity contribution is 7.89. The molecule has 1 aromatic carbocycles. The molecule has 0 aliphatic carbocycles. The Morgan fingerprint density at radius 3 is 2.35 bits per heavy atom. The summed E-state index contributed by atoms with van der Waals surface area (Å²) in [6, 6.07) is 2.19. The highest BCUT2D eigenvalue weighted by atomic mass is 32.2. The van der Waals surface area contributed by atoms with Gasteiger partial charge in [-0.2, -0.15) is 4.31 Å². The SMILES string of the molecule is Cc1cc(S(=O)(=O)N(C)C)cc(NC(=O)C2CCCN2S(C)(=O)=O)c1C. The number of hydrogen-bond donors (Lipinski definition) is 1. The number of rotatable bonds is 5. The third-order valence-corrected chi connectivity index (χ3v) is 7.69. The summed E-state index contributed by atoms with van der Waals surface area (Å²) < 4.78 is 50.8. The van der Waals surface area contributed by atoms with Crippen molar-refractivity contribution in [1.29, 1.82) is 0 Å². The van der Waals surface area contributed by atoms with E-state index in [-0.39, 0.29) is 4.90 Å². The Balaban J connectivity index is 2.38. The minimum absolute atomic E-state index is 0.0762. The molecule has 2 rings (SSSR count). The molecule has 1 amide bonds. The predicted molar refractivity (Wildman–Crippen MR) is 100.0 cm³/mol. The van der Waals surface area contributed by atoms with Crippen LogP contribution in [0, 0.1) is 13.8 Å². The van der Waals surface area contributed by atoms with Crippen LogP contribution in [0.1, 0.15) is 24.0 Å². The Hall–Kier alpha value is -1.49. The van der Waals surface area contributed by atoms with Crippen LogP contribution in [0.5, 0.6) is 0 Å². The minimum Gasteiger partial charge on any atom is -0.324 e. The molecule has 0 aromatic heterocycles. The van der Waals surface area contributed by atoms with E-state index in [0.29, 0.717) is 25.1 Å². The van der Waals surface area contributed by atoms with Crippen LogP contribution in [0.4, 0.5) is 5.69 Å². The molecule has 0 radical (unpaired) electrons. The minimum atomic E-state index is -3.65. The molecular formula is C16H25N3O5S2. The number of nitrogens with one attached hydrogen (secondary N) is 1. The second kappa shape index (κ2) is 7.26. The Morgan fingerprint density at radius 2 is 1.81 bits per heavy atom. The zero-order valence-electron chi connectivity index (χ0n) is 15.6. The Bertz CT molecular complexity index is 923. The van der Waals surface area contributed by atoms with Crippen molar-refractivity contribution in [3.63, 3.8) is 0 Å². The molecule has 1 aliphatic heterocycles. The highest BCUT2D eigenvalue weighted by Crippen LogP contribution is 2.27. The van der Waals surface area contributed by atoms with E-state index >= 15 is 0 Å². The zero-order chi connectivity index (χ0) is 19.9. The van der Waals surface area contributed by atoms with E-state index in [4.69, 9.17) is 0 Å². The first-order valence-electron chi connectivity index (χ1n) is 8.17. The van der Waals surface area contributed by atoms with Crippen molar-refractivity contribution in [2.45, 2.75) is 37.6 Å². The second-order valence-corrected chi connectivity index (χ2v) is 10.8. The zero-order valence-corrected chi connectivity index (χ0v) is 17.2. The van der Waals surface area contributed by atoms with E-state index in [9.17, 15) is 21.6 Å². The Morgan fingerprint density at radius 1 is 1.19 bits per heavy atom. The van der Waals surface area contributed by atoms with Gasteiger partial charge in [-0.1, -0.05) is 0 Å². The molecule has 0 bridgehead atoms. The van der Waals surface area contributed by atoms with Crippen LogP contribution in [0.3, 0.4) is 0 Å². The largest absolute Gasteiger partial charge is 0.324 e. The number of sulfonamides is 2. The van der Waals surface area contributed by atoms with Crippen molar-refractivity contribution in [2.75, 3.05) is 32.2 Å². The van der Waals surface area contributed by atoms with Gasteiger partial charge < -0.3 is 5.32 Å². The number of nitrogens with zero attached hydrogens (tertiary/aromatic N) is 2. The smallest absolute Gasteiger partial charge is 0.242 e. The predicted octanol–water partition coefficient (Wildman–Crippen LogP) is 0.916. The standard InChI is InChI=1S/C16H25N3O5S2/c1-11-9-13(26(23,24)18(3)4)10-14(12(11)2)17-16(20)15-7-6-8-19(15)25(5,21)22/h9-10,15H,6-8H2,1-5H3,(H,17,20). The first-order chi connectivity index (χ1) is 11.9. The highest BCUT2D eigenvalue weighted by Gasteiger charge is 2.36. The molecule has 1 fully saturated rings. The lowest BCUT2D eigenvalue weighted by Crippen LogP contribution is -2.42. The van der Waals surface area contributed by atoms with Crippen molar-refractivity contribution in [1.82, 2.24) is 8.61 Å². The van der Waals surface area contributed by atoms with Gasteiger partial charge in [-0.05, 0) is 49.9 Å². The van der Waals surface area contributed by atoms with E-state index in [1.807, 2.05) is 0 Å². The van der Waals surface area contributed by atoms with Crippen LogP contribution < -0.4 is 5.32 Å². The Labute approximate surface area is 155 Å². The van der Waals surface area contributed by atoms with Gasteiger partial charge in [-0.25, -0.2) is 21.1 Å². The average Bonchev–Trinajstić information content (AvgIpc) is 3.01. The fourth-order valence-corrected chi connectivity index (χ4v) is 5.07. The second-order valence-electron chi connectivity index (χ2n) is 6.72. The van der Waals surface area contributed by atoms with Gasteiger partial charge in [0.1, 0.15) is 6.04 Å². The maximum atomic E-state index is 12.7. The maximum Gasteiger partial charge on any atom is 0.242 e. The van der Waals surface area contributed by atoms with Crippen LogP contribution in [0.25, 0.3) is 0 Å². The number of hydrogen-bond acceptors (Lipinski definition) is 5. The molecule has 0 spiro atoms. The van der Waals surface area contributed by atoms with Crippen LogP contribution >= 0.6 is 0 Å². The van der Waals surface area contributed by atoms with Gasteiger partial charge in [0.25, 0.3) is 0 Å². The molecule has 1 unspecified atom stereocenters. The molecule has 1 aromatic rings. The van der Waals surface area contributed by atoms with Crippen LogP contribution in [0.15, 0.2) is 17.0 Å². The first kappa shape index (κ1) is 20.8. The number of anilines is 1. The molecule has 26 heavy (non-hydrogen) atoms. The lowest BCUT2D eigenvalue weighted by molar-refractivity contribution is -0.119. The van der Waals surface area contributed by atoms with E-state index in [2.05, 4.69) is 5.32 Å². The molecule has 10 heteroatoms. The number of amides is 1.